The quantitative estimate of drug-likeness (QED) is 0.597. The van der Waals surface area contributed by atoms with Gasteiger partial charge in [0.05, 0.1) is 0 Å². The van der Waals surface area contributed by atoms with Crippen LogP contribution in [0.3, 0.4) is 0 Å². The molecule has 0 bridgehead atoms. The van der Waals surface area contributed by atoms with Crippen molar-refractivity contribution in [2.45, 2.75) is 90.4 Å². The molecule has 0 unspecified atom stereocenters. The zero-order chi connectivity index (χ0) is 12.8. The first-order valence-electron chi connectivity index (χ1n) is 7.49. The molecular formula is C15H30O2. The standard InChI is InChI=1S/C10H20O2.C5H10/c1-2-3-4-5-6-7-8-9-10(11)12;1-2-4-5-3-1/h2-9H2,1H3,(H,11,12);1-5H2. The van der Waals surface area contributed by atoms with Gasteiger partial charge in [0.15, 0.2) is 0 Å². The molecule has 0 atom stereocenters. The molecule has 0 aromatic rings. The van der Waals surface area contributed by atoms with Crippen molar-refractivity contribution < 1.29 is 9.90 Å². The second-order valence-corrected chi connectivity index (χ2v) is 5.03. The number of carboxylic acid groups (broad SMARTS) is 1. The number of rotatable bonds is 8. The highest BCUT2D eigenvalue weighted by molar-refractivity contribution is 5.66. The van der Waals surface area contributed by atoms with Gasteiger partial charge in [0.2, 0.25) is 0 Å². The molecule has 2 heteroatoms. The molecule has 0 amide bonds. The van der Waals surface area contributed by atoms with E-state index >= 15 is 0 Å². The average Bonchev–Trinajstić information content (AvgIpc) is 2.86. The number of unbranched alkanes of at least 4 members (excludes halogenated alkanes) is 6. The summed E-state index contributed by atoms with van der Waals surface area (Å²) in [5, 5.41) is 8.35. The lowest BCUT2D eigenvalue weighted by atomic mass is 10.1. The molecule has 102 valence electrons. The molecule has 1 N–H and O–H groups in total. The molecular weight excluding hydrogens is 212 g/mol. The van der Waals surface area contributed by atoms with Crippen LogP contribution >= 0.6 is 0 Å². The molecule has 1 aliphatic rings. The van der Waals surface area contributed by atoms with Crippen LogP contribution in [-0.4, -0.2) is 11.1 Å². The molecule has 0 heterocycles. The van der Waals surface area contributed by atoms with E-state index in [9.17, 15) is 4.79 Å². The molecule has 0 saturated heterocycles. The Morgan fingerprint density at radius 1 is 0.824 bits per heavy atom. The van der Waals surface area contributed by atoms with Gasteiger partial charge in [-0.1, -0.05) is 77.6 Å². The maximum atomic E-state index is 10.1. The molecule has 1 fully saturated rings. The molecule has 0 spiro atoms. The summed E-state index contributed by atoms with van der Waals surface area (Å²) in [7, 11) is 0. The van der Waals surface area contributed by atoms with Crippen LogP contribution in [0.15, 0.2) is 0 Å². The number of carbonyl (C=O) groups is 1. The van der Waals surface area contributed by atoms with Crippen LogP contribution in [0.2, 0.25) is 0 Å². The average molecular weight is 242 g/mol. The van der Waals surface area contributed by atoms with E-state index in [1.54, 1.807) is 0 Å². The maximum Gasteiger partial charge on any atom is 0.303 e. The lowest BCUT2D eigenvalue weighted by Gasteiger charge is -1.98. The monoisotopic (exact) mass is 242 g/mol. The van der Waals surface area contributed by atoms with Gasteiger partial charge in [0.25, 0.3) is 0 Å². The molecule has 1 rings (SSSR count). The molecule has 2 nitrogen and oxygen atoms in total. The summed E-state index contributed by atoms with van der Waals surface area (Å²) in [6.07, 6.45) is 16.1. The van der Waals surface area contributed by atoms with Crippen molar-refractivity contribution in [1.82, 2.24) is 0 Å². The van der Waals surface area contributed by atoms with E-state index in [0.717, 1.165) is 12.8 Å². The summed E-state index contributed by atoms with van der Waals surface area (Å²) in [6.45, 7) is 2.20. The van der Waals surface area contributed by atoms with E-state index in [-0.39, 0.29) is 0 Å². The van der Waals surface area contributed by atoms with Crippen LogP contribution < -0.4 is 0 Å². The highest BCUT2D eigenvalue weighted by atomic mass is 16.4. The predicted octanol–water partition coefficient (Wildman–Crippen LogP) is 5.16. The Kier molecular flexibility index (Phi) is 13.1. The fourth-order valence-corrected chi connectivity index (χ4v) is 2.12. The summed E-state index contributed by atoms with van der Waals surface area (Å²) < 4.78 is 0. The van der Waals surface area contributed by atoms with Gasteiger partial charge in [-0.25, -0.2) is 0 Å². The Morgan fingerprint density at radius 3 is 1.65 bits per heavy atom. The Hall–Kier alpha value is -0.530. The van der Waals surface area contributed by atoms with Crippen molar-refractivity contribution in [1.29, 1.82) is 0 Å². The molecule has 0 aromatic heterocycles. The van der Waals surface area contributed by atoms with Gasteiger partial charge >= 0.3 is 5.97 Å². The predicted molar refractivity (Wildman–Crippen MR) is 73.3 cm³/mol. The first-order chi connectivity index (χ1) is 8.27. The van der Waals surface area contributed by atoms with Crippen molar-refractivity contribution in [3.8, 4) is 0 Å². The number of hydrogen-bond donors (Lipinski definition) is 1. The lowest BCUT2D eigenvalue weighted by molar-refractivity contribution is -0.137. The SMILES string of the molecule is C1CCCC1.CCCCCCCCCC(=O)O. The van der Waals surface area contributed by atoms with E-state index in [1.807, 2.05) is 0 Å². The van der Waals surface area contributed by atoms with Crippen LogP contribution in [0.5, 0.6) is 0 Å². The largest absolute Gasteiger partial charge is 0.481 e. The number of hydrogen-bond acceptors (Lipinski definition) is 1. The third-order valence-corrected chi connectivity index (χ3v) is 3.24. The van der Waals surface area contributed by atoms with E-state index in [4.69, 9.17) is 5.11 Å². The molecule has 0 aliphatic heterocycles. The van der Waals surface area contributed by atoms with Crippen LogP contribution in [0.4, 0.5) is 0 Å². The molecule has 17 heavy (non-hydrogen) atoms. The van der Waals surface area contributed by atoms with Gasteiger partial charge < -0.3 is 5.11 Å². The number of carboxylic acids is 1. The normalized spacial score (nSPS) is 14.2. The second kappa shape index (κ2) is 13.5. The van der Waals surface area contributed by atoms with Crippen molar-refractivity contribution in [3.05, 3.63) is 0 Å². The second-order valence-electron chi connectivity index (χ2n) is 5.03. The molecule has 0 aromatic carbocycles. The van der Waals surface area contributed by atoms with Gasteiger partial charge in [0, 0.05) is 6.42 Å². The van der Waals surface area contributed by atoms with Gasteiger partial charge in [-0.05, 0) is 6.42 Å². The van der Waals surface area contributed by atoms with Crippen molar-refractivity contribution in [2.75, 3.05) is 0 Å². The Morgan fingerprint density at radius 2 is 1.24 bits per heavy atom. The lowest BCUT2D eigenvalue weighted by Crippen LogP contribution is -1.93. The minimum atomic E-state index is -0.663. The van der Waals surface area contributed by atoms with Crippen molar-refractivity contribution in [2.24, 2.45) is 0 Å². The number of aliphatic carboxylic acids is 1. The highest BCUT2D eigenvalue weighted by Crippen LogP contribution is 2.15. The van der Waals surface area contributed by atoms with Crippen LogP contribution in [0.25, 0.3) is 0 Å². The van der Waals surface area contributed by atoms with Crippen LogP contribution in [0, 0.1) is 0 Å². The van der Waals surface area contributed by atoms with Gasteiger partial charge in [0.1, 0.15) is 0 Å². The van der Waals surface area contributed by atoms with Gasteiger partial charge in [-0.2, -0.15) is 0 Å². The fourth-order valence-electron chi connectivity index (χ4n) is 2.12. The van der Waals surface area contributed by atoms with E-state index in [0.29, 0.717) is 6.42 Å². The van der Waals surface area contributed by atoms with E-state index in [2.05, 4.69) is 6.92 Å². The first-order valence-corrected chi connectivity index (χ1v) is 7.49. The third-order valence-electron chi connectivity index (χ3n) is 3.24. The Balaban J connectivity index is 0.000000419. The summed E-state index contributed by atoms with van der Waals surface area (Å²) in [4.78, 5) is 10.1. The van der Waals surface area contributed by atoms with Crippen molar-refractivity contribution >= 4 is 5.97 Å². The third kappa shape index (κ3) is 15.5. The summed E-state index contributed by atoms with van der Waals surface area (Å²) in [5.41, 5.74) is 0. The van der Waals surface area contributed by atoms with E-state index < -0.39 is 5.97 Å². The minimum absolute atomic E-state index is 0.341. The Labute approximate surface area is 107 Å². The summed E-state index contributed by atoms with van der Waals surface area (Å²) in [6, 6.07) is 0. The molecule has 1 saturated carbocycles. The van der Waals surface area contributed by atoms with Crippen LogP contribution in [-0.2, 0) is 4.79 Å². The molecule has 0 radical (unpaired) electrons. The summed E-state index contributed by atoms with van der Waals surface area (Å²) in [5.74, 6) is -0.663. The Bertz CT molecular complexity index is 155. The topological polar surface area (TPSA) is 37.3 Å². The smallest absolute Gasteiger partial charge is 0.303 e. The first kappa shape index (κ1) is 16.5. The van der Waals surface area contributed by atoms with Gasteiger partial charge in [-0.15, -0.1) is 0 Å². The minimum Gasteiger partial charge on any atom is -0.481 e. The fraction of sp³-hybridized carbons (Fsp3) is 0.933. The summed E-state index contributed by atoms with van der Waals surface area (Å²) >= 11 is 0. The highest BCUT2D eigenvalue weighted by Gasteiger charge is 1.96. The van der Waals surface area contributed by atoms with E-state index in [1.165, 1.54) is 64.2 Å². The zero-order valence-electron chi connectivity index (χ0n) is 11.5. The zero-order valence-corrected chi connectivity index (χ0v) is 11.5. The van der Waals surface area contributed by atoms with Crippen molar-refractivity contribution in [3.63, 3.8) is 0 Å². The maximum absolute atomic E-state index is 10.1. The van der Waals surface area contributed by atoms with Gasteiger partial charge in [-0.3, -0.25) is 4.79 Å². The molecule has 1 aliphatic carbocycles. The van der Waals surface area contributed by atoms with Crippen LogP contribution in [0.1, 0.15) is 90.4 Å².